The van der Waals surface area contributed by atoms with Crippen molar-refractivity contribution in [3.8, 4) is 11.5 Å². The van der Waals surface area contributed by atoms with Gasteiger partial charge in [0, 0.05) is 18.7 Å². The van der Waals surface area contributed by atoms with Crippen LogP contribution in [-0.2, 0) is 10.2 Å². The third-order valence-electron chi connectivity index (χ3n) is 5.15. The monoisotopic (exact) mass is 319 g/mol. The van der Waals surface area contributed by atoms with Gasteiger partial charge in [0.25, 0.3) is 0 Å². The maximum absolute atomic E-state index is 12.1. The average molecular weight is 319 g/mol. The van der Waals surface area contributed by atoms with Crippen molar-refractivity contribution in [2.75, 3.05) is 27.2 Å². The van der Waals surface area contributed by atoms with E-state index in [1.54, 1.807) is 7.11 Å². The minimum absolute atomic E-state index is 0.101. The molecular weight excluding hydrogens is 294 g/mol. The third-order valence-corrected chi connectivity index (χ3v) is 5.15. The molecule has 0 bridgehead atoms. The van der Waals surface area contributed by atoms with E-state index in [4.69, 9.17) is 9.47 Å². The number of methoxy groups -OCH3 is 1. The Kier molecular flexibility index (Phi) is 4.48. The summed E-state index contributed by atoms with van der Waals surface area (Å²) in [6.45, 7) is 1.72. The van der Waals surface area contributed by atoms with Gasteiger partial charge in [-0.05, 0) is 26.0 Å². The van der Waals surface area contributed by atoms with Crippen molar-refractivity contribution in [1.82, 2.24) is 4.90 Å². The van der Waals surface area contributed by atoms with Gasteiger partial charge in [0.2, 0.25) is 0 Å². The fourth-order valence-electron chi connectivity index (χ4n) is 3.81. The van der Waals surface area contributed by atoms with E-state index in [-0.39, 0.29) is 6.10 Å². The Bertz CT molecular complexity index is 574. The van der Waals surface area contributed by atoms with Crippen molar-refractivity contribution in [3.05, 3.63) is 23.8 Å². The summed E-state index contributed by atoms with van der Waals surface area (Å²) >= 11 is 0. The van der Waals surface area contributed by atoms with E-state index in [1.165, 1.54) is 0 Å². The molecule has 1 aliphatic heterocycles. The Hall–Kier alpha value is -1.75. The lowest BCUT2D eigenvalue weighted by Gasteiger charge is -2.39. The molecule has 126 valence electrons. The largest absolute Gasteiger partial charge is 0.493 e. The first-order valence-electron chi connectivity index (χ1n) is 8.33. The molecule has 2 aliphatic rings. The summed E-state index contributed by atoms with van der Waals surface area (Å²) in [6.07, 6.45) is 4.41. The zero-order valence-corrected chi connectivity index (χ0v) is 13.9. The van der Waals surface area contributed by atoms with E-state index in [0.29, 0.717) is 24.3 Å². The number of carbonyl (C=O) groups is 1. The van der Waals surface area contributed by atoms with E-state index < -0.39 is 11.4 Å². The van der Waals surface area contributed by atoms with Gasteiger partial charge in [-0.25, -0.2) is 0 Å². The van der Waals surface area contributed by atoms with Crippen LogP contribution in [0.25, 0.3) is 0 Å². The summed E-state index contributed by atoms with van der Waals surface area (Å²) in [5, 5.41) is 9.97. The summed E-state index contributed by atoms with van der Waals surface area (Å²) in [6, 6.07) is 5.62. The molecule has 1 aromatic rings. The van der Waals surface area contributed by atoms with Gasteiger partial charge in [0.15, 0.2) is 11.5 Å². The molecule has 5 nitrogen and oxygen atoms in total. The molecule has 0 atom stereocenters. The number of hydrogen-bond acceptors (Lipinski definition) is 4. The first-order valence-corrected chi connectivity index (χ1v) is 8.33. The van der Waals surface area contributed by atoms with Crippen molar-refractivity contribution >= 4 is 5.97 Å². The fourth-order valence-corrected chi connectivity index (χ4v) is 3.81. The van der Waals surface area contributed by atoms with Crippen LogP contribution >= 0.6 is 0 Å². The number of benzene rings is 1. The molecule has 0 unspecified atom stereocenters. The Morgan fingerprint density at radius 1 is 1.26 bits per heavy atom. The SMILES string of the molecule is COc1cccc(C2(C(=O)O)CCCCC2)c1OC1CN(C)C1. The second-order valence-electron chi connectivity index (χ2n) is 6.75. The van der Waals surface area contributed by atoms with Gasteiger partial charge in [-0.2, -0.15) is 0 Å². The number of para-hydroxylation sites is 1. The third kappa shape index (κ3) is 2.90. The molecule has 1 aliphatic carbocycles. The van der Waals surface area contributed by atoms with Crippen molar-refractivity contribution in [1.29, 1.82) is 0 Å². The highest BCUT2D eigenvalue weighted by Gasteiger charge is 2.44. The maximum Gasteiger partial charge on any atom is 0.314 e. The summed E-state index contributed by atoms with van der Waals surface area (Å²) in [5.74, 6) is 0.502. The highest BCUT2D eigenvalue weighted by atomic mass is 16.5. The van der Waals surface area contributed by atoms with E-state index in [0.717, 1.165) is 37.9 Å². The number of ether oxygens (including phenoxy) is 2. The molecule has 1 aromatic carbocycles. The Morgan fingerprint density at radius 2 is 1.96 bits per heavy atom. The molecule has 1 N–H and O–H groups in total. The van der Waals surface area contributed by atoms with E-state index in [1.807, 2.05) is 25.2 Å². The van der Waals surface area contributed by atoms with E-state index in [2.05, 4.69) is 4.90 Å². The van der Waals surface area contributed by atoms with Crippen molar-refractivity contribution in [2.24, 2.45) is 0 Å². The van der Waals surface area contributed by atoms with Crippen LogP contribution in [0, 0.1) is 0 Å². The highest BCUT2D eigenvalue weighted by molar-refractivity contribution is 5.83. The normalized spacial score (nSPS) is 21.5. The predicted molar refractivity (Wildman–Crippen MR) is 87.3 cm³/mol. The molecule has 0 radical (unpaired) electrons. The second-order valence-corrected chi connectivity index (χ2v) is 6.75. The standard InChI is InChI=1S/C18H25NO4/c1-19-11-13(12-19)23-16-14(7-6-8-15(16)22-2)18(17(20)21)9-4-3-5-10-18/h6-8,13H,3-5,9-12H2,1-2H3,(H,20,21). The quantitative estimate of drug-likeness (QED) is 0.904. The molecule has 2 fully saturated rings. The zero-order valence-electron chi connectivity index (χ0n) is 13.9. The first-order chi connectivity index (χ1) is 11.1. The number of nitrogens with zero attached hydrogens (tertiary/aromatic N) is 1. The van der Waals surface area contributed by atoms with Crippen LogP contribution in [-0.4, -0.2) is 49.3 Å². The number of likely N-dealkylation sites (tertiary alicyclic amines) is 1. The van der Waals surface area contributed by atoms with Gasteiger partial charge < -0.3 is 14.6 Å². The lowest BCUT2D eigenvalue weighted by molar-refractivity contribution is -0.145. The Labute approximate surface area is 137 Å². The highest BCUT2D eigenvalue weighted by Crippen LogP contribution is 2.47. The van der Waals surface area contributed by atoms with Gasteiger partial charge in [0.1, 0.15) is 6.10 Å². The lowest BCUT2D eigenvalue weighted by atomic mass is 9.69. The number of rotatable bonds is 5. The minimum Gasteiger partial charge on any atom is -0.493 e. The summed E-state index contributed by atoms with van der Waals surface area (Å²) in [4.78, 5) is 14.3. The van der Waals surface area contributed by atoms with Crippen LogP contribution < -0.4 is 9.47 Å². The number of carboxylic acids is 1. The zero-order chi connectivity index (χ0) is 16.4. The van der Waals surface area contributed by atoms with Gasteiger partial charge in [-0.15, -0.1) is 0 Å². The molecule has 0 aromatic heterocycles. The van der Waals surface area contributed by atoms with Crippen molar-refractivity contribution < 1.29 is 19.4 Å². The van der Waals surface area contributed by atoms with Crippen LogP contribution in [0.2, 0.25) is 0 Å². The molecule has 5 heteroatoms. The fraction of sp³-hybridized carbons (Fsp3) is 0.611. The van der Waals surface area contributed by atoms with Crippen molar-refractivity contribution in [2.45, 2.75) is 43.6 Å². The Morgan fingerprint density at radius 3 is 2.52 bits per heavy atom. The van der Waals surface area contributed by atoms with E-state index >= 15 is 0 Å². The van der Waals surface area contributed by atoms with Crippen molar-refractivity contribution in [3.63, 3.8) is 0 Å². The Balaban J connectivity index is 2.01. The topological polar surface area (TPSA) is 59.0 Å². The molecule has 1 heterocycles. The van der Waals surface area contributed by atoms with Crippen LogP contribution in [0.5, 0.6) is 11.5 Å². The summed E-state index contributed by atoms with van der Waals surface area (Å²) in [7, 11) is 3.65. The van der Waals surface area contributed by atoms with Crippen LogP contribution in [0.15, 0.2) is 18.2 Å². The number of carboxylic acid groups (broad SMARTS) is 1. The van der Waals surface area contributed by atoms with Crippen LogP contribution in [0.3, 0.4) is 0 Å². The molecular formula is C18H25NO4. The minimum atomic E-state index is -0.849. The number of likely N-dealkylation sites (N-methyl/N-ethyl adjacent to an activating group) is 1. The molecule has 1 saturated carbocycles. The van der Waals surface area contributed by atoms with Gasteiger partial charge in [-0.1, -0.05) is 31.4 Å². The van der Waals surface area contributed by atoms with E-state index in [9.17, 15) is 9.90 Å². The summed E-state index contributed by atoms with van der Waals surface area (Å²) < 4.78 is 11.6. The lowest BCUT2D eigenvalue weighted by Crippen LogP contribution is -2.51. The van der Waals surface area contributed by atoms with Crippen LogP contribution in [0.1, 0.15) is 37.7 Å². The number of hydrogen-bond donors (Lipinski definition) is 1. The summed E-state index contributed by atoms with van der Waals surface area (Å²) in [5.41, 5.74) is -0.0729. The van der Waals surface area contributed by atoms with Crippen LogP contribution in [0.4, 0.5) is 0 Å². The van der Waals surface area contributed by atoms with Gasteiger partial charge >= 0.3 is 5.97 Å². The molecule has 1 saturated heterocycles. The maximum atomic E-state index is 12.1. The first kappa shape index (κ1) is 16.1. The number of aliphatic carboxylic acids is 1. The second kappa shape index (κ2) is 6.40. The van der Waals surface area contributed by atoms with Gasteiger partial charge in [0.05, 0.1) is 12.5 Å². The average Bonchev–Trinajstić information content (AvgIpc) is 2.54. The van der Waals surface area contributed by atoms with Gasteiger partial charge in [-0.3, -0.25) is 9.69 Å². The smallest absolute Gasteiger partial charge is 0.314 e. The molecule has 23 heavy (non-hydrogen) atoms. The molecule has 3 rings (SSSR count). The predicted octanol–water partition coefficient (Wildman–Crippen LogP) is 2.67. The molecule has 0 spiro atoms. The molecule has 0 amide bonds.